The van der Waals surface area contributed by atoms with Crippen LogP contribution in [0.1, 0.15) is 11.1 Å². The molecule has 2 aromatic carbocycles. The second-order valence-corrected chi connectivity index (χ2v) is 7.00. The van der Waals surface area contributed by atoms with E-state index >= 15 is 0 Å². The van der Waals surface area contributed by atoms with Gasteiger partial charge in [-0.05, 0) is 48.6 Å². The van der Waals surface area contributed by atoms with Crippen LogP contribution in [0.5, 0.6) is 5.75 Å². The van der Waals surface area contributed by atoms with Gasteiger partial charge in [0.25, 0.3) is 0 Å². The Balaban J connectivity index is 2.06. The lowest BCUT2D eigenvalue weighted by molar-refractivity contribution is -0.578. The van der Waals surface area contributed by atoms with E-state index in [-0.39, 0.29) is 5.76 Å². The Kier molecular flexibility index (Phi) is 6.29. The maximum atomic E-state index is 13.3. The maximum Gasteiger partial charge on any atom is 0.238 e. The van der Waals surface area contributed by atoms with Crippen LogP contribution in [0.2, 0.25) is 5.02 Å². The quantitative estimate of drug-likeness (QED) is 0.298. The Morgan fingerprint density at radius 3 is 2.54 bits per heavy atom. The van der Waals surface area contributed by atoms with Crippen LogP contribution in [-0.4, -0.2) is 12.1 Å². The number of aryl methyl sites for hydroxylation is 1. The Labute approximate surface area is 174 Å². The van der Waals surface area contributed by atoms with Crippen molar-refractivity contribution in [2.24, 2.45) is 0 Å². The Morgan fingerprint density at radius 1 is 1.11 bits per heavy atom. The summed E-state index contributed by atoms with van der Waals surface area (Å²) in [5, 5.41) is 17.0. The molecule has 0 saturated heterocycles. The molecule has 0 bridgehead atoms. The van der Waals surface area contributed by atoms with Gasteiger partial charge in [-0.3, -0.25) is 0 Å². The van der Waals surface area contributed by atoms with E-state index in [2.05, 4.69) is 5.32 Å². The van der Waals surface area contributed by atoms with Crippen molar-refractivity contribution in [3.63, 3.8) is 0 Å². The summed E-state index contributed by atoms with van der Waals surface area (Å²) < 4.78 is 6.99. The highest BCUT2D eigenvalue weighted by atomic mass is 35.5. The molecule has 0 unspecified atom stereocenters. The Hall–Kier alpha value is -2.89. The number of thiocarbonyl (C=S) groups is 1. The standard InChI is InChI=1S/C22H19ClN2O2S/c1-15-5-4-12-25(14-15)20(21(26)16-8-10-17(23)11-9-16)22(28)24-18-6-3-7-19(13-18)27-2/h3-14H,1-2H3,(H-,24,26,28). The van der Waals surface area contributed by atoms with Crippen LogP contribution >= 0.6 is 23.8 Å². The fourth-order valence-corrected chi connectivity index (χ4v) is 3.14. The molecule has 3 aromatic rings. The molecular formula is C22H19ClN2O2S. The molecule has 3 rings (SSSR count). The number of benzene rings is 2. The number of hydrogen-bond donors (Lipinski definition) is 1. The minimum absolute atomic E-state index is 0.201. The molecule has 1 aromatic heterocycles. The van der Waals surface area contributed by atoms with E-state index in [0.717, 1.165) is 11.3 Å². The smallest absolute Gasteiger partial charge is 0.238 e. The molecule has 0 aliphatic heterocycles. The van der Waals surface area contributed by atoms with Crippen LogP contribution < -0.4 is 19.7 Å². The third kappa shape index (κ3) is 4.68. The van der Waals surface area contributed by atoms with Gasteiger partial charge in [0.2, 0.25) is 5.70 Å². The van der Waals surface area contributed by atoms with Crippen molar-refractivity contribution in [3.05, 3.63) is 89.2 Å². The summed E-state index contributed by atoms with van der Waals surface area (Å²) in [6.45, 7) is 1.96. The average Bonchev–Trinajstić information content (AvgIpc) is 2.69. The summed E-state index contributed by atoms with van der Waals surface area (Å²) in [7, 11) is 1.60. The lowest BCUT2D eigenvalue weighted by atomic mass is 10.1. The van der Waals surface area contributed by atoms with Gasteiger partial charge in [0, 0.05) is 28.4 Å². The zero-order chi connectivity index (χ0) is 20.1. The summed E-state index contributed by atoms with van der Waals surface area (Å²) in [4.78, 5) is 0.309. The van der Waals surface area contributed by atoms with Gasteiger partial charge in [0.05, 0.1) is 7.11 Å². The number of pyridine rings is 1. The van der Waals surface area contributed by atoms with Gasteiger partial charge < -0.3 is 15.2 Å². The minimum atomic E-state index is -0.201. The van der Waals surface area contributed by atoms with Crippen molar-refractivity contribution < 1.29 is 14.4 Å². The van der Waals surface area contributed by atoms with Gasteiger partial charge in [0.15, 0.2) is 17.4 Å². The molecule has 142 valence electrons. The number of ether oxygens (including phenoxy) is 1. The minimum Gasteiger partial charge on any atom is -0.867 e. The van der Waals surface area contributed by atoms with Gasteiger partial charge in [-0.2, -0.15) is 4.57 Å². The Morgan fingerprint density at radius 2 is 1.86 bits per heavy atom. The number of nitrogens with one attached hydrogen (secondary N) is 1. The van der Waals surface area contributed by atoms with Gasteiger partial charge in [-0.1, -0.05) is 42.0 Å². The predicted molar refractivity (Wildman–Crippen MR) is 115 cm³/mol. The van der Waals surface area contributed by atoms with Crippen molar-refractivity contribution in [3.8, 4) is 5.75 Å². The van der Waals surface area contributed by atoms with Gasteiger partial charge in [0.1, 0.15) is 5.75 Å². The first-order chi connectivity index (χ1) is 13.5. The average molecular weight is 411 g/mol. The largest absolute Gasteiger partial charge is 0.867 e. The summed E-state index contributed by atoms with van der Waals surface area (Å²) in [6.07, 6.45) is 3.67. The zero-order valence-electron chi connectivity index (χ0n) is 15.5. The monoisotopic (exact) mass is 410 g/mol. The van der Waals surface area contributed by atoms with Crippen LogP contribution in [0, 0.1) is 6.92 Å². The fourth-order valence-electron chi connectivity index (χ4n) is 2.70. The molecule has 0 aliphatic carbocycles. The lowest BCUT2D eigenvalue weighted by Crippen LogP contribution is -2.40. The number of halogens is 1. The van der Waals surface area contributed by atoms with Crippen molar-refractivity contribution in [2.45, 2.75) is 6.92 Å². The van der Waals surface area contributed by atoms with Crippen LogP contribution in [-0.2, 0) is 0 Å². The number of aromatic nitrogens is 1. The van der Waals surface area contributed by atoms with E-state index in [9.17, 15) is 5.11 Å². The van der Waals surface area contributed by atoms with Crippen molar-refractivity contribution in [1.29, 1.82) is 0 Å². The summed E-state index contributed by atoms with van der Waals surface area (Å²) in [5.74, 6) is 0.495. The molecule has 28 heavy (non-hydrogen) atoms. The predicted octanol–water partition coefficient (Wildman–Crippen LogP) is 4.07. The molecule has 1 N–H and O–H groups in total. The molecule has 0 saturated carbocycles. The number of nitrogens with zero attached hydrogens (tertiary/aromatic N) is 1. The first kappa shape index (κ1) is 19.9. The van der Waals surface area contributed by atoms with E-state index in [0.29, 0.717) is 27.0 Å². The van der Waals surface area contributed by atoms with E-state index in [1.165, 1.54) is 0 Å². The molecule has 0 amide bonds. The molecule has 0 radical (unpaired) electrons. The number of methoxy groups -OCH3 is 1. The van der Waals surface area contributed by atoms with Gasteiger partial charge >= 0.3 is 0 Å². The fraction of sp³-hybridized carbons (Fsp3) is 0.0909. The zero-order valence-corrected chi connectivity index (χ0v) is 17.1. The number of rotatable bonds is 5. The van der Waals surface area contributed by atoms with E-state index in [4.69, 9.17) is 28.6 Å². The van der Waals surface area contributed by atoms with Crippen molar-refractivity contribution in [2.75, 3.05) is 12.4 Å². The molecule has 0 spiro atoms. The summed E-state index contributed by atoms with van der Waals surface area (Å²) in [6, 6.07) is 18.0. The summed E-state index contributed by atoms with van der Waals surface area (Å²) in [5.41, 5.74) is 2.60. The first-order valence-corrected chi connectivity index (χ1v) is 9.37. The normalized spacial score (nSPS) is 11.5. The van der Waals surface area contributed by atoms with Gasteiger partial charge in [-0.15, -0.1) is 0 Å². The van der Waals surface area contributed by atoms with Crippen LogP contribution in [0.4, 0.5) is 5.69 Å². The maximum absolute atomic E-state index is 13.3. The van der Waals surface area contributed by atoms with Crippen molar-refractivity contribution in [1.82, 2.24) is 0 Å². The number of hydrogen-bond acceptors (Lipinski definition) is 3. The third-order valence-electron chi connectivity index (χ3n) is 4.07. The molecule has 0 fully saturated rings. The molecule has 0 atom stereocenters. The second kappa shape index (κ2) is 8.87. The SMILES string of the molecule is COc1cccc(NC(=S)C(=C([O-])c2ccc(Cl)cc2)[n+]2cccc(C)c2)c1. The van der Waals surface area contributed by atoms with Crippen LogP contribution in [0.25, 0.3) is 11.5 Å². The first-order valence-electron chi connectivity index (χ1n) is 8.59. The lowest BCUT2D eigenvalue weighted by Gasteiger charge is -2.17. The molecule has 0 aliphatic rings. The molecule has 6 heteroatoms. The van der Waals surface area contributed by atoms with E-state index < -0.39 is 0 Å². The van der Waals surface area contributed by atoms with Crippen LogP contribution in [0.15, 0.2) is 73.1 Å². The summed E-state index contributed by atoms with van der Waals surface area (Å²) >= 11 is 11.6. The Bertz CT molecular complexity index is 1030. The second-order valence-electron chi connectivity index (χ2n) is 6.16. The van der Waals surface area contributed by atoms with Crippen LogP contribution in [0.3, 0.4) is 0 Å². The molecule has 4 nitrogen and oxygen atoms in total. The van der Waals surface area contributed by atoms with E-state index in [1.807, 2.05) is 49.5 Å². The topological polar surface area (TPSA) is 48.2 Å². The van der Waals surface area contributed by atoms with E-state index in [1.54, 1.807) is 42.1 Å². The highest BCUT2D eigenvalue weighted by Gasteiger charge is 2.19. The van der Waals surface area contributed by atoms with Gasteiger partial charge in [-0.25, -0.2) is 0 Å². The third-order valence-corrected chi connectivity index (χ3v) is 4.62. The number of anilines is 1. The molecule has 1 heterocycles. The highest BCUT2D eigenvalue weighted by molar-refractivity contribution is 7.81. The highest BCUT2D eigenvalue weighted by Crippen LogP contribution is 2.21. The van der Waals surface area contributed by atoms with Crippen molar-refractivity contribution >= 4 is 46.0 Å². The molecular weight excluding hydrogens is 392 g/mol.